The van der Waals surface area contributed by atoms with E-state index in [0.717, 1.165) is 31.5 Å². The molecular formula is C16H26N2O2. The Morgan fingerprint density at radius 3 is 2.70 bits per heavy atom. The summed E-state index contributed by atoms with van der Waals surface area (Å²) in [7, 11) is 5.63. The van der Waals surface area contributed by atoms with Crippen molar-refractivity contribution in [2.24, 2.45) is 0 Å². The first kappa shape index (κ1) is 15.3. The van der Waals surface area contributed by atoms with E-state index < -0.39 is 0 Å². The Kier molecular flexibility index (Phi) is 5.83. The molecule has 1 aliphatic carbocycles. The van der Waals surface area contributed by atoms with Gasteiger partial charge < -0.3 is 14.8 Å². The van der Waals surface area contributed by atoms with Crippen LogP contribution in [0.5, 0.6) is 5.75 Å². The molecule has 0 spiro atoms. The second-order valence-electron chi connectivity index (χ2n) is 5.52. The lowest BCUT2D eigenvalue weighted by Crippen LogP contribution is -2.43. The van der Waals surface area contributed by atoms with Crippen LogP contribution in [0.1, 0.15) is 18.4 Å². The van der Waals surface area contributed by atoms with Crippen LogP contribution in [0.4, 0.5) is 0 Å². The maximum absolute atomic E-state index is 5.42. The van der Waals surface area contributed by atoms with E-state index in [9.17, 15) is 0 Å². The van der Waals surface area contributed by atoms with E-state index in [1.54, 1.807) is 14.2 Å². The number of likely N-dealkylation sites (N-methyl/N-ethyl adjacent to an activating group) is 1. The molecular weight excluding hydrogens is 252 g/mol. The molecule has 4 heteroatoms. The molecule has 1 unspecified atom stereocenters. The molecule has 1 aromatic carbocycles. The summed E-state index contributed by atoms with van der Waals surface area (Å²) in [6.07, 6.45) is 2.63. The molecule has 20 heavy (non-hydrogen) atoms. The summed E-state index contributed by atoms with van der Waals surface area (Å²) in [4.78, 5) is 2.33. The summed E-state index contributed by atoms with van der Waals surface area (Å²) in [5, 5.41) is 3.58. The van der Waals surface area contributed by atoms with Gasteiger partial charge in [-0.1, -0.05) is 18.2 Å². The van der Waals surface area contributed by atoms with Gasteiger partial charge in [0.2, 0.25) is 0 Å². The molecule has 1 aromatic rings. The number of nitrogens with zero attached hydrogens (tertiary/aromatic N) is 1. The number of benzene rings is 1. The molecule has 0 saturated heterocycles. The lowest BCUT2D eigenvalue weighted by Gasteiger charge is -2.28. The van der Waals surface area contributed by atoms with Gasteiger partial charge in [-0.25, -0.2) is 0 Å². The Morgan fingerprint density at radius 1 is 1.30 bits per heavy atom. The minimum absolute atomic E-state index is 0.380. The van der Waals surface area contributed by atoms with Crippen molar-refractivity contribution in [3.05, 3.63) is 29.8 Å². The Labute approximate surface area is 122 Å². The van der Waals surface area contributed by atoms with E-state index in [-0.39, 0.29) is 0 Å². The summed E-state index contributed by atoms with van der Waals surface area (Å²) >= 11 is 0. The van der Waals surface area contributed by atoms with Crippen LogP contribution in [-0.4, -0.2) is 51.4 Å². The zero-order valence-electron chi connectivity index (χ0n) is 12.8. The van der Waals surface area contributed by atoms with Gasteiger partial charge in [0.1, 0.15) is 5.75 Å². The highest BCUT2D eigenvalue weighted by atomic mass is 16.5. The predicted molar refractivity (Wildman–Crippen MR) is 81.1 cm³/mol. The van der Waals surface area contributed by atoms with Crippen LogP contribution in [0, 0.1) is 0 Å². The first-order valence-electron chi connectivity index (χ1n) is 7.29. The maximum Gasteiger partial charge on any atom is 0.123 e. The minimum atomic E-state index is 0.380. The van der Waals surface area contributed by atoms with Gasteiger partial charge in [0.15, 0.2) is 0 Å². The van der Waals surface area contributed by atoms with Crippen LogP contribution in [0.15, 0.2) is 24.3 Å². The van der Waals surface area contributed by atoms with Crippen LogP contribution < -0.4 is 10.1 Å². The van der Waals surface area contributed by atoms with Crippen molar-refractivity contribution in [1.82, 2.24) is 10.2 Å². The molecule has 4 nitrogen and oxygen atoms in total. The number of para-hydroxylation sites is 1. The molecule has 112 valence electrons. The third kappa shape index (κ3) is 4.47. The monoisotopic (exact) mass is 278 g/mol. The minimum Gasteiger partial charge on any atom is -0.496 e. The number of methoxy groups -OCH3 is 2. The summed E-state index contributed by atoms with van der Waals surface area (Å²) in [6, 6.07) is 9.30. The molecule has 1 aliphatic rings. The SMILES string of the molecule is COCC(CNC1CC1)N(C)Cc1ccccc1OC. The van der Waals surface area contributed by atoms with Gasteiger partial charge in [0.25, 0.3) is 0 Å². The molecule has 1 saturated carbocycles. The zero-order valence-corrected chi connectivity index (χ0v) is 12.8. The molecule has 0 amide bonds. The van der Waals surface area contributed by atoms with Crippen molar-refractivity contribution in [1.29, 1.82) is 0 Å². The van der Waals surface area contributed by atoms with Gasteiger partial charge in [0.05, 0.1) is 13.7 Å². The number of ether oxygens (including phenoxy) is 2. The topological polar surface area (TPSA) is 33.7 Å². The largest absolute Gasteiger partial charge is 0.496 e. The lowest BCUT2D eigenvalue weighted by molar-refractivity contribution is 0.101. The average Bonchev–Trinajstić information content (AvgIpc) is 3.28. The van der Waals surface area contributed by atoms with Gasteiger partial charge in [0, 0.05) is 37.8 Å². The van der Waals surface area contributed by atoms with E-state index in [1.165, 1.54) is 18.4 Å². The summed E-state index contributed by atoms with van der Waals surface area (Å²) in [5.41, 5.74) is 1.21. The van der Waals surface area contributed by atoms with Crippen LogP contribution >= 0.6 is 0 Å². The van der Waals surface area contributed by atoms with E-state index in [4.69, 9.17) is 9.47 Å². The van der Waals surface area contributed by atoms with Crippen LogP contribution in [0.25, 0.3) is 0 Å². The number of rotatable bonds is 9. The quantitative estimate of drug-likeness (QED) is 0.748. The highest BCUT2D eigenvalue weighted by molar-refractivity contribution is 5.33. The van der Waals surface area contributed by atoms with E-state index in [1.807, 2.05) is 12.1 Å². The first-order valence-corrected chi connectivity index (χ1v) is 7.29. The van der Waals surface area contributed by atoms with Crippen molar-refractivity contribution < 1.29 is 9.47 Å². The Morgan fingerprint density at radius 2 is 2.05 bits per heavy atom. The second kappa shape index (κ2) is 7.62. The second-order valence-corrected chi connectivity index (χ2v) is 5.52. The van der Waals surface area contributed by atoms with Gasteiger partial charge >= 0.3 is 0 Å². The molecule has 1 N–H and O–H groups in total. The number of nitrogens with one attached hydrogen (secondary N) is 1. The normalized spacial score (nSPS) is 16.4. The fourth-order valence-electron chi connectivity index (χ4n) is 2.36. The summed E-state index contributed by atoms with van der Waals surface area (Å²) in [6.45, 7) is 2.58. The van der Waals surface area contributed by atoms with Crippen molar-refractivity contribution in [2.75, 3.05) is 34.4 Å². The van der Waals surface area contributed by atoms with Crippen LogP contribution in [-0.2, 0) is 11.3 Å². The fourth-order valence-corrected chi connectivity index (χ4v) is 2.36. The van der Waals surface area contributed by atoms with Gasteiger partial charge in [-0.15, -0.1) is 0 Å². The number of hydrogen-bond acceptors (Lipinski definition) is 4. The third-order valence-corrected chi connectivity index (χ3v) is 3.81. The van der Waals surface area contributed by atoms with E-state index >= 15 is 0 Å². The highest BCUT2D eigenvalue weighted by Crippen LogP contribution is 2.21. The molecule has 0 heterocycles. The van der Waals surface area contributed by atoms with Crippen molar-refractivity contribution >= 4 is 0 Å². The van der Waals surface area contributed by atoms with Gasteiger partial charge in [-0.3, -0.25) is 4.90 Å². The van der Waals surface area contributed by atoms with Gasteiger partial charge in [-0.05, 0) is 26.0 Å². The molecule has 0 aromatic heterocycles. The van der Waals surface area contributed by atoms with Crippen molar-refractivity contribution in [3.8, 4) is 5.75 Å². The van der Waals surface area contributed by atoms with E-state index in [2.05, 4.69) is 29.4 Å². The summed E-state index contributed by atoms with van der Waals surface area (Å²) < 4.78 is 10.8. The van der Waals surface area contributed by atoms with Crippen molar-refractivity contribution in [2.45, 2.75) is 31.5 Å². The molecule has 0 bridgehead atoms. The number of hydrogen-bond donors (Lipinski definition) is 1. The molecule has 2 rings (SSSR count). The smallest absolute Gasteiger partial charge is 0.123 e. The molecule has 1 fully saturated rings. The maximum atomic E-state index is 5.42. The molecule has 0 radical (unpaired) electrons. The Bertz CT molecular complexity index is 407. The third-order valence-electron chi connectivity index (χ3n) is 3.81. The predicted octanol–water partition coefficient (Wildman–Crippen LogP) is 1.89. The average molecular weight is 278 g/mol. The highest BCUT2D eigenvalue weighted by Gasteiger charge is 2.23. The zero-order chi connectivity index (χ0) is 14.4. The van der Waals surface area contributed by atoms with Crippen LogP contribution in [0.3, 0.4) is 0 Å². The first-order chi connectivity index (χ1) is 9.74. The van der Waals surface area contributed by atoms with Gasteiger partial charge in [-0.2, -0.15) is 0 Å². The Hall–Kier alpha value is -1.10. The van der Waals surface area contributed by atoms with Crippen LogP contribution in [0.2, 0.25) is 0 Å². The lowest BCUT2D eigenvalue weighted by atomic mass is 10.1. The molecule has 0 aliphatic heterocycles. The summed E-state index contributed by atoms with van der Waals surface area (Å²) in [5.74, 6) is 0.950. The Balaban J connectivity index is 1.93. The fraction of sp³-hybridized carbons (Fsp3) is 0.625. The van der Waals surface area contributed by atoms with E-state index in [0.29, 0.717) is 6.04 Å². The standard InChI is InChI=1S/C16H26N2O2/c1-18(11-13-6-4-5-7-16(13)20-3)15(12-19-2)10-17-14-8-9-14/h4-7,14-15,17H,8-12H2,1-3H3. The van der Waals surface area contributed by atoms with Crippen molar-refractivity contribution in [3.63, 3.8) is 0 Å². The molecule has 1 atom stereocenters.